The number of allylic oxidation sites excluding steroid dienone is 2. The summed E-state index contributed by atoms with van der Waals surface area (Å²) in [6.45, 7) is 4.31. The average molecular weight is 364 g/mol. The topological polar surface area (TPSA) is 46.3 Å². The van der Waals surface area contributed by atoms with Gasteiger partial charge in [-0.05, 0) is 23.8 Å². The molecule has 4 nitrogen and oxygen atoms in total. The zero-order valence-electron chi connectivity index (χ0n) is 15.0. The van der Waals surface area contributed by atoms with Gasteiger partial charge in [0.1, 0.15) is 5.52 Å². The number of ketones is 1. The summed E-state index contributed by atoms with van der Waals surface area (Å²) in [5.41, 5.74) is 4.78. The Balaban J connectivity index is 1.52. The molecule has 0 fully saturated rings. The number of benzene rings is 2. The number of oxazole rings is 1. The van der Waals surface area contributed by atoms with E-state index in [2.05, 4.69) is 35.9 Å². The van der Waals surface area contributed by atoms with E-state index in [9.17, 15) is 4.79 Å². The van der Waals surface area contributed by atoms with Gasteiger partial charge < -0.3 is 9.32 Å². The van der Waals surface area contributed by atoms with Gasteiger partial charge >= 0.3 is 0 Å². The highest BCUT2D eigenvalue weighted by Crippen LogP contribution is 2.46. The molecule has 0 atom stereocenters. The lowest BCUT2D eigenvalue weighted by atomic mass is 9.83. The second-order valence-corrected chi connectivity index (χ2v) is 7.86. The maximum Gasteiger partial charge on any atom is 0.257 e. The highest BCUT2D eigenvalue weighted by Gasteiger charge is 2.38. The van der Waals surface area contributed by atoms with Crippen LogP contribution in [0.3, 0.4) is 0 Å². The number of hydrogen-bond acceptors (Lipinski definition) is 5. The van der Waals surface area contributed by atoms with Gasteiger partial charge in [-0.2, -0.15) is 0 Å². The Kier molecular flexibility index (Phi) is 4.11. The fourth-order valence-electron chi connectivity index (χ4n) is 3.50. The van der Waals surface area contributed by atoms with Crippen LogP contribution in [0.5, 0.6) is 0 Å². The second kappa shape index (κ2) is 6.32. The van der Waals surface area contributed by atoms with Gasteiger partial charge in [0, 0.05) is 29.9 Å². The molecular formula is C21H20N2O2S. The van der Waals surface area contributed by atoms with E-state index < -0.39 is 0 Å². The molecule has 1 aliphatic rings. The van der Waals surface area contributed by atoms with Gasteiger partial charge in [-0.1, -0.05) is 55.9 Å². The summed E-state index contributed by atoms with van der Waals surface area (Å²) < 4.78 is 5.67. The van der Waals surface area contributed by atoms with Crippen LogP contribution in [0.15, 0.2) is 69.9 Å². The number of anilines is 1. The van der Waals surface area contributed by atoms with Crippen molar-refractivity contribution in [2.75, 3.05) is 17.7 Å². The van der Waals surface area contributed by atoms with E-state index >= 15 is 0 Å². The molecule has 1 aromatic heterocycles. The van der Waals surface area contributed by atoms with Crippen molar-refractivity contribution in [2.45, 2.75) is 24.5 Å². The van der Waals surface area contributed by atoms with Crippen LogP contribution in [0.1, 0.15) is 19.4 Å². The SMILES string of the molecule is CN1C(=CC(=O)CSc2nc3ccccc3o2)C(C)(C)c2ccccc21. The summed E-state index contributed by atoms with van der Waals surface area (Å²) in [6, 6.07) is 15.9. The van der Waals surface area contributed by atoms with Crippen LogP contribution >= 0.6 is 11.8 Å². The van der Waals surface area contributed by atoms with E-state index in [1.165, 1.54) is 17.3 Å². The fraction of sp³-hybridized carbons (Fsp3) is 0.238. The molecule has 26 heavy (non-hydrogen) atoms. The number of carbonyl (C=O) groups is 1. The van der Waals surface area contributed by atoms with Gasteiger partial charge in [0.15, 0.2) is 11.4 Å². The smallest absolute Gasteiger partial charge is 0.257 e. The third-order valence-electron chi connectivity index (χ3n) is 4.85. The number of aromatic nitrogens is 1. The van der Waals surface area contributed by atoms with Crippen LogP contribution in [-0.2, 0) is 10.2 Å². The number of para-hydroxylation sites is 3. The first-order chi connectivity index (χ1) is 12.5. The summed E-state index contributed by atoms with van der Waals surface area (Å²) in [4.78, 5) is 19.1. The molecule has 0 aliphatic carbocycles. The van der Waals surface area contributed by atoms with Crippen LogP contribution in [0, 0.1) is 0 Å². The number of carbonyl (C=O) groups excluding carboxylic acids is 1. The first-order valence-corrected chi connectivity index (χ1v) is 9.52. The lowest BCUT2D eigenvalue weighted by molar-refractivity contribution is -0.112. The molecular weight excluding hydrogens is 344 g/mol. The van der Waals surface area contributed by atoms with Gasteiger partial charge in [-0.15, -0.1) is 0 Å². The van der Waals surface area contributed by atoms with Crippen molar-refractivity contribution < 1.29 is 9.21 Å². The van der Waals surface area contributed by atoms with Gasteiger partial charge in [0.25, 0.3) is 5.22 Å². The molecule has 0 unspecified atom stereocenters. The Labute approximate surface area is 156 Å². The molecule has 0 saturated heterocycles. The minimum absolute atomic E-state index is 0.0555. The Morgan fingerprint density at radius 3 is 2.69 bits per heavy atom. The molecule has 0 amide bonds. The first kappa shape index (κ1) is 16.9. The number of thioether (sulfide) groups is 1. The van der Waals surface area contributed by atoms with Crippen molar-refractivity contribution in [2.24, 2.45) is 0 Å². The number of fused-ring (bicyclic) bond motifs is 2. The fourth-order valence-corrected chi connectivity index (χ4v) is 4.16. The summed E-state index contributed by atoms with van der Waals surface area (Å²) in [7, 11) is 2.01. The Bertz CT molecular complexity index is 987. The zero-order valence-corrected chi connectivity index (χ0v) is 15.8. The standard InChI is InChI=1S/C21H20N2O2S/c1-21(2)15-8-4-6-10-17(15)23(3)19(21)12-14(24)13-26-20-22-16-9-5-7-11-18(16)25-20/h4-12H,13H2,1-3H3. The number of nitrogens with zero attached hydrogens (tertiary/aromatic N) is 2. The zero-order chi connectivity index (χ0) is 18.3. The van der Waals surface area contributed by atoms with E-state index in [4.69, 9.17) is 4.42 Å². The molecule has 0 radical (unpaired) electrons. The molecule has 0 spiro atoms. The van der Waals surface area contributed by atoms with E-state index in [-0.39, 0.29) is 11.2 Å². The maximum absolute atomic E-state index is 12.6. The average Bonchev–Trinajstić information content (AvgIpc) is 3.13. The first-order valence-electron chi connectivity index (χ1n) is 8.53. The Hall–Kier alpha value is -2.53. The van der Waals surface area contributed by atoms with Crippen molar-refractivity contribution in [3.63, 3.8) is 0 Å². The molecule has 4 rings (SSSR count). The summed E-state index contributed by atoms with van der Waals surface area (Å²) in [6.07, 6.45) is 1.76. The molecule has 2 aromatic carbocycles. The molecule has 0 saturated carbocycles. The largest absolute Gasteiger partial charge is 0.431 e. The van der Waals surface area contributed by atoms with E-state index in [0.717, 1.165) is 22.5 Å². The van der Waals surface area contributed by atoms with Gasteiger partial charge in [-0.25, -0.2) is 4.98 Å². The quantitative estimate of drug-likeness (QED) is 0.491. The predicted molar refractivity (Wildman–Crippen MR) is 106 cm³/mol. The Morgan fingerprint density at radius 1 is 1.19 bits per heavy atom. The summed E-state index contributed by atoms with van der Waals surface area (Å²) in [5, 5.41) is 0.528. The van der Waals surface area contributed by atoms with E-state index in [0.29, 0.717) is 11.0 Å². The van der Waals surface area contributed by atoms with Gasteiger partial charge in [0.05, 0.1) is 5.75 Å². The highest BCUT2D eigenvalue weighted by atomic mass is 32.2. The minimum atomic E-state index is -0.191. The van der Waals surface area contributed by atoms with Crippen molar-refractivity contribution in [3.8, 4) is 0 Å². The summed E-state index contributed by atoms with van der Waals surface area (Å²) >= 11 is 1.33. The van der Waals surface area contributed by atoms with E-state index in [1.54, 1.807) is 6.08 Å². The van der Waals surface area contributed by atoms with Crippen molar-refractivity contribution in [1.82, 2.24) is 4.98 Å². The van der Waals surface area contributed by atoms with Crippen molar-refractivity contribution in [1.29, 1.82) is 0 Å². The molecule has 132 valence electrons. The summed E-state index contributed by atoms with van der Waals surface area (Å²) in [5.74, 6) is 0.358. The second-order valence-electron chi connectivity index (χ2n) is 6.93. The van der Waals surface area contributed by atoms with Gasteiger partial charge in [-0.3, -0.25) is 4.79 Å². The maximum atomic E-state index is 12.6. The normalized spacial score (nSPS) is 17.0. The molecule has 1 aliphatic heterocycles. The third kappa shape index (κ3) is 2.82. The van der Waals surface area contributed by atoms with Gasteiger partial charge in [0.2, 0.25) is 0 Å². The lowest BCUT2D eigenvalue weighted by Crippen LogP contribution is -2.24. The number of hydrogen-bond donors (Lipinski definition) is 0. The van der Waals surface area contributed by atoms with Crippen LogP contribution in [0.25, 0.3) is 11.1 Å². The molecule has 2 heterocycles. The van der Waals surface area contributed by atoms with Crippen LogP contribution in [0.4, 0.5) is 5.69 Å². The Morgan fingerprint density at radius 2 is 1.92 bits per heavy atom. The molecule has 0 N–H and O–H groups in total. The molecule has 5 heteroatoms. The van der Waals surface area contributed by atoms with E-state index in [1.807, 2.05) is 43.4 Å². The lowest BCUT2D eigenvalue weighted by Gasteiger charge is -2.23. The third-order valence-corrected chi connectivity index (χ3v) is 5.70. The molecule has 3 aromatic rings. The monoisotopic (exact) mass is 364 g/mol. The number of rotatable bonds is 4. The van der Waals surface area contributed by atoms with Crippen LogP contribution < -0.4 is 4.90 Å². The minimum Gasteiger partial charge on any atom is -0.431 e. The van der Waals surface area contributed by atoms with Crippen LogP contribution in [0.2, 0.25) is 0 Å². The van der Waals surface area contributed by atoms with Crippen LogP contribution in [-0.4, -0.2) is 23.6 Å². The number of likely N-dealkylation sites (N-methyl/N-ethyl adjacent to an activating group) is 1. The van der Waals surface area contributed by atoms with Crippen molar-refractivity contribution in [3.05, 3.63) is 65.9 Å². The molecule has 0 bridgehead atoms. The highest BCUT2D eigenvalue weighted by molar-refractivity contribution is 7.99. The predicted octanol–water partition coefficient (Wildman–Crippen LogP) is 4.80. The van der Waals surface area contributed by atoms with Crippen molar-refractivity contribution >= 4 is 34.3 Å².